The maximum absolute atomic E-state index is 15.2. The van der Waals surface area contributed by atoms with E-state index >= 15 is 4.39 Å². The van der Waals surface area contributed by atoms with Crippen molar-refractivity contribution in [2.45, 2.75) is 65.3 Å². The molecule has 176 valence electrons. The summed E-state index contributed by atoms with van der Waals surface area (Å²) in [6, 6.07) is 3.53. The summed E-state index contributed by atoms with van der Waals surface area (Å²) in [6.45, 7) is 8.06. The van der Waals surface area contributed by atoms with Crippen LogP contribution in [-0.4, -0.2) is 28.2 Å². The molecule has 1 atom stereocenters. The number of carbonyl (C=O) groups excluding carboxylic acids is 1. The van der Waals surface area contributed by atoms with Crippen molar-refractivity contribution in [1.82, 2.24) is 10.3 Å². The molecule has 8 heteroatoms. The van der Waals surface area contributed by atoms with E-state index < -0.39 is 0 Å². The van der Waals surface area contributed by atoms with Crippen LogP contribution >= 0.6 is 11.3 Å². The number of benzene rings is 1. The summed E-state index contributed by atoms with van der Waals surface area (Å²) in [4.78, 5) is 16.3. The van der Waals surface area contributed by atoms with Crippen LogP contribution in [0.1, 0.15) is 63.9 Å². The van der Waals surface area contributed by atoms with Crippen LogP contribution in [0.2, 0.25) is 0 Å². The third-order valence-electron chi connectivity index (χ3n) is 5.44. The van der Waals surface area contributed by atoms with Gasteiger partial charge < -0.3 is 10.1 Å². The summed E-state index contributed by atoms with van der Waals surface area (Å²) in [6.07, 6.45) is 8.72. The summed E-state index contributed by atoms with van der Waals surface area (Å²) < 4.78 is 20.8. The molecule has 1 heterocycles. The van der Waals surface area contributed by atoms with Gasteiger partial charge in [0.15, 0.2) is 11.8 Å². The van der Waals surface area contributed by atoms with Gasteiger partial charge in [-0.2, -0.15) is 0 Å². The van der Waals surface area contributed by atoms with Crippen LogP contribution in [0.4, 0.5) is 4.39 Å². The van der Waals surface area contributed by atoms with Crippen molar-refractivity contribution in [3.63, 3.8) is 0 Å². The molecule has 2 aliphatic carbocycles. The first-order valence-corrected chi connectivity index (χ1v) is 12.1. The first-order chi connectivity index (χ1) is 15.7. The molecule has 2 aliphatic rings. The van der Waals surface area contributed by atoms with Crippen molar-refractivity contribution in [3.05, 3.63) is 46.7 Å². The predicted octanol–water partition coefficient (Wildman–Crippen LogP) is 6.01. The number of rotatable bonds is 6. The number of ether oxygens (including phenoxy) is 1. The quantitative estimate of drug-likeness (QED) is 0.356. The number of nitrogens with zero attached hydrogens (tertiary/aromatic N) is 1. The predicted molar refractivity (Wildman–Crippen MR) is 132 cm³/mol. The zero-order valence-electron chi connectivity index (χ0n) is 19.5. The van der Waals surface area contributed by atoms with Crippen LogP contribution in [0.5, 0.6) is 0 Å². The second kappa shape index (κ2) is 10.4. The van der Waals surface area contributed by atoms with E-state index in [1.165, 1.54) is 11.3 Å². The van der Waals surface area contributed by atoms with E-state index in [1.54, 1.807) is 12.1 Å². The molecular weight excluding hydrogens is 439 g/mol. The highest BCUT2D eigenvalue weighted by molar-refractivity contribution is 7.18. The third-order valence-corrected chi connectivity index (χ3v) is 6.51. The lowest BCUT2D eigenvalue weighted by Crippen LogP contribution is -2.35. The Morgan fingerprint density at radius 1 is 1.30 bits per heavy atom. The van der Waals surface area contributed by atoms with Crippen molar-refractivity contribution in [3.8, 4) is 0 Å². The van der Waals surface area contributed by atoms with E-state index in [4.69, 9.17) is 15.6 Å². The Balaban J connectivity index is 0.00000149. The maximum atomic E-state index is 15.2. The summed E-state index contributed by atoms with van der Waals surface area (Å²) in [5, 5.41) is 19.2. The molecule has 1 unspecified atom stereocenters. The standard InChI is InChI=1S/C23H25FN4O2S.C2H6/c1-13-4-3-5-14(10-13)15-6-7-16-22(21(15)24)31-20(27-16)12-18(26)30-17(25)11-19(29)28-23(2)8-9-23;1-2/h3,5-7,10,13,25-26H,4,8-9,11-12H2,1-2H3,(H,28,29);1-2H3. The normalized spacial score (nSPS) is 18.1. The monoisotopic (exact) mass is 470 g/mol. The zero-order valence-corrected chi connectivity index (χ0v) is 20.4. The van der Waals surface area contributed by atoms with Gasteiger partial charge in [0.05, 0.1) is 16.6 Å². The Labute approximate surface area is 198 Å². The van der Waals surface area contributed by atoms with Crippen molar-refractivity contribution >= 4 is 44.8 Å². The first-order valence-electron chi connectivity index (χ1n) is 11.3. The number of aromatic nitrogens is 1. The molecule has 6 nitrogen and oxygen atoms in total. The number of allylic oxidation sites excluding steroid dienone is 4. The van der Waals surface area contributed by atoms with E-state index in [-0.39, 0.29) is 41.9 Å². The molecule has 1 aromatic carbocycles. The lowest BCUT2D eigenvalue weighted by Gasteiger charge is -2.13. The van der Waals surface area contributed by atoms with Gasteiger partial charge in [-0.1, -0.05) is 39.0 Å². The van der Waals surface area contributed by atoms with Crippen molar-refractivity contribution in [2.24, 2.45) is 5.92 Å². The Kier molecular flexibility index (Phi) is 7.79. The van der Waals surface area contributed by atoms with Gasteiger partial charge in [-0.25, -0.2) is 9.37 Å². The Hall–Kier alpha value is -2.87. The molecule has 0 bridgehead atoms. The van der Waals surface area contributed by atoms with Gasteiger partial charge in [0.2, 0.25) is 5.91 Å². The number of carbonyl (C=O) groups is 1. The summed E-state index contributed by atoms with van der Waals surface area (Å²) >= 11 is 1.18. The number of hydrogen-bond acceptors (Lipinski definition) is 6. The second-order valence-electron chi connectivity index (χ2n) is 8.53. The highest BCUT2D eigenvalue weighted by Crippen LogP contribution is 2.34. The largest absolute Gasteiger partial charge is 0.429 e. The Morgan fingerprint density at radius 3 is 2.70 bits per heavy atom. The van der Waals surface area contributed by atoms with Crippen molar-refractivity contribution in [2.75, 3.05) is 0 Å². The Morgan fingerprint density at radius 2 is 2.03 bits per heavy atom. The lowest BCUT2D eigenvalue weighted by atomic mass is 9.93. The lowest BCUT2D eigenvalue weighted by molar-refractivity contribution is -0.120. The van der Waals surface area contributed by atoms with Gasteiger partial charge in [-0.05, 0) is 49.8 Å². The fourth-order valence-electron chi connectivity index (χ4n) is 3.52. The van der Waals surface area contributed by atoms with Gasteiger partial charge >= 0.3 is 0 Å². The van der Waals surface area contributed by atoms with Crippen LogP contribution < -0.4 is 5.32 Å². The molecule has 2 aromatic rings. The van der Waals surface area contributed by atoms with E-state index in [0.717, 1.165) is 24.8 Å². The van der Waals surface area contributed by atoms with E-state index in [9.17, 15) is 4.79 Å². The van der Waals surface area contributed by atoms with Gasteiger partial charge in [0.25, 0.3) is 0 Å². The number of nitrogens with one attached hydrogen (secondary N) is 3. The number of amides is 1. The van der Waals surface area contributed by atoms with Crippen LogP contribution in [-0.2, 0) is 16.0 Å². The van der Waals surface area contributed by atoms with E-state index in [0.29, 0.717) is 26.7 Å². The number of hydrogen-bond donors (Lipinski definition) is 3. The number of halogens is 1. The van der Waals surface area contributed by atoms with Gasteiger partial charge in [0.1, 0.15) is 17.2 Å². The maximum Gasteiger partial charge on any atom is 0.229 e. The van der Waals surface area contributed by atoms with Crippen LogP contribution in [0.25, 0.3) is 15.8 Å². The van der Waals surface area contributed by atoms with Crippen molar-refractivity contribution < 1.29 is 13.9 Å². The van der Waals surface area contributed by atoms with Gasteiger partial charge in [0, 0.05) is 11.1 Å². The minimum Gasteiger partial charge on any atom is -0.429 e. The molecule has 1 fully saturated rings. The molecule has 1 aromatic heterocycles. The number of fused-ring (bicyclic) bond motifs is 1. The first kappa shape index (κ1) is 24.8. The highest BCUT2D eigenvalue weighted by atomic mass is 32.1. The minimum absolute atomic E-state index is 0.0372. The molecule has 33 heavy (non-hydrogen) atoms. The van der Waals surface area contributed by atoms with Gasteiger partial charge in [-0.15, -0.1) is 11.3 Å². The fraction of sp³-hybridized carbons (Fsp3) is 0.440. The number of thiazole rings is 1. The fourth-order valence-corrected chi connectivity index (χ4v) is 4.52. The molecule has 0 spiro atoms. The third kappa shape index (κ3) is 6.35. The molecule has 0 aliphatic heterocycles. The highest BCUT2D eigenvalue weighted by Gasteiger charge is 2.38. The molecule has 4 rings (SSSR count). The van der Waals surface area contributed by atoms with Crippen LogP contribution in [0.15, 0.2) is 30.4 Å². The Bertz CT molecular complexity index is 1130. The van der Waals surface area contributed by atoms with Crippen molar-refractivity contribution in [1.29, 1.82) is 10.8 Å². The molecule has 1 saturated carbocycles. The topological polar surface area (TPSA) is 98.9 Å². The molecular formula is C25H31FN4O2S. The average molecular weight is 471 g/mol. The summed E-state index contributed by atoms with van der Waals surface area (Å²) in [5.41, 5.74) is 1.80. The summed E-state index contributed by atoms with van der Waals surface area (Å²) in [7, 11) is 0. The zero-order chi connectivity index (χ0) is 24.2. The van der Waals surface area contributed by atoms with E-state index in [1.807, 2.05) is 26.8 Å². The molecule has 0 saturated heterocycles. The molecule has 1 amide bonds. The average Bonchev–Trinajstić information content (AvgIpc) is 3.32. The van der Waals surface area contributed by atoms with Crippen LogP contribution in [0, 0.1) is 22.6 Å². The minimum atomic E-state index is -0.309. The summed E-state index contributed by atoms with van der Waals surface area (Å²) in [5.74, 6) is -0.702. The van der Waals surface area contributed by atoms with Gasteiger partial charge in [-0.3, -0.25) is 15.6 Å². The molecule has 3 N–H and O–H groups in total. The van der Waals surface area contributed by atoms with Crippen LogP contribution in [0.3, 0.4) is 0 Å². The molecule has 0 radical (unpaired) electrons. The second-order valence-corrected chi connectivity index (χ2v) is 9.61. The SMILES string of the molecule is CC.CC1C=C(c2ccc3nc(CC(=N)OC(=N)CC(=O)NC4(C)CC4)sc3c2F)C=CC1. The smallest absolute Gasteiger partial charge is 0.229 e. The van der Waals surface area contributed by atoms with E-state index in [2.05, 4.69) is 29.4 Å².